The molecular formula is C13H15N3. The van der Waals surface area contributed by atoms with Crippen molar-refractivity contribution in [3.8, 4) is 11.3 Å². The predicted octanol–water partition coefficient (Wildman–Crippen LogP) is 2.96. The van der Waals surface area contributed by atoms with Crippen LogP contribution in [-0.2, 0) is 0 Å². The van der Waals surface area contributed by atoms with Crippen molar-refractivity contribution >= 4 is 5.82 Å². The molecule has 0 spiro atoms. The average molecular weight is 213 g/mol. The molecule has 1 aromatic heterocycles. The van der Waals surface area contributed by atoms with Crippen molar-refractivity contribution in [2.24, 2.45) is 0 Å². The second kappa shape index (κ2) is 4.75. The topological polar surface area (TPSA) is 37.8 Å². The smallest absolute Gasteiger partial charge is 0.130 e. The highest BCUT2D eigenvalue weighted by molar-refractivity contribution is 5.61. The minimum atomic E-state index is 0.374. The van der Waals surface area contributed by atoms with Gasteiger partial charge in [0.15, 0.2) is 0 Å². The quantitative estimate of drug-likeness (QED) is 0.851. The molecule has 0 radical (unpaired) electrons. The fourth-order valence-corrected chi connectivity index (χ4v) is 1.50. The van der Waals surface area contributed by atoms with Crippen LogP contribution in [0.1, 0.15) is 13.8 Å². The molecule has 16 heavy (non-hydrogen) atoms. The zero-order valence-electron chi connectivity index (χ0n) is 9.51. The first-order valence-electron chi connectivity index (χ1n) is 5.40. The van der Waals surface area contributed by atoms with E-state index in [4.69, 9.17) is 0 Å². The highest BCUT2D eigenvalue weighted by Crippen LogP contribution is 2.18. The summed E-state index contributed by atoms with van der Waals surface area (Å²) in [6.45, 7) is 4.18. The first kappa shape index (κ1) is 10.6. The van der Waals surface area contributed by atoms with E-state index in [1.807, 2.05) is 36.4 Å². The zero-order valence-corrected chi connectivity index (χ0v) is 9.51. The number of hydrogen-bond acceptors (Lipinski definition) is 3. The second-order valence-corrected chi connectivity index (χ2v) is 3.95. The Labute approximate surface area is 95.6 Å². The summed E-state index contributed by atoms with van der Waals surface area (Å²) in [4.78, 5) is 8.45. The minimum absolute atomic E-state index is 0.374. The number of hydrogen-bond donors (Lipinski definition) is 1. The molecule has 2 aromatic rings. The van der Waals surface area contributed by atoms with Gasteiger partial charge in [-0.3, -0.25) is 0 Å². The van der Waals surface area contributed by atoms with E-state index in [1.54, 1.807) is 6.33 Å². The lowest BCUT2D eigenvalue weighted by atomic mass is 10.1. The molecular weight excluding hydrogens is 198 g/mol. The van der Waals surface area contributed by atoms with E-state index in [1.165, 1.54) is 0 Å². The van der Waals surface area contributed by atoms with Crippen LogP contribution in [0.3, 0.4) is 0 Å². The molecule has 0 bridgehead atoms. The van der Waals surface area contributed by atoms with Crippen LogP contribution in [0.15, 0.2) is 42.7 Å². The Hall–Kier alpha value is -1.90. The first-order valence-corrected chi connectivity index (χ1v) is 5.40. The third-order valence-corrected chi connectivity index (χ3v) is 2.17. The number of aromatic nitrogens is 2. The Bertz CT molecular complexity index is 452. The molecule has 0 aliphatic carbocycles. The molecule has 0 aliphatic rings. The Morgan fingerprint density at radius 1 is 1.06 bits per heavy atom. The van der Waals surface area contributed by atoms with E-state index in [-0.39, 0.29) is 0 Å². The fraction of sp³-hybridized carbons (Fsp3) is 0.231. The zero-order chi connectivity index (χ0) is 11.4. The molecule has 0 amide bonds. The number of nitrogens with one attached hydrogen (secondary N) is 1. The van der Waals surface area contributed by atoms with Gasteiger partial charge in [0.25, 0.3) is 0 Å². The number of anilines is 1. The molecule has 0 unspecified atom stereocenters. The van der Waals surface area contributed by atoms with Gasteiger partial charge in [-0.15, -0.1) is 0 Å². The van der Waals surface area contributed by atoms with Crippen LogP contribution < -0.4 is 5.32 Å². The van der Waals surface area contributed by atoms with Gasteiger partial charge in [-0.2, -0.15) is 0 Å². The van der Waals surface area contributed by atoms with Crippen molar-refractivity contribution in [2.75, 3.05) is 5.32 Å². The van der Waals surface area contributed by atoms with Crippen LogP contribution in [0.25, 0.3) is 11.3 Å². The van der Waals surface area contributed by atoms with Gasteiger partial charge < -0.3 is 5.32 Å². The first-order chi connectivity index (χ1) is 7.75. The molecule has 3 heteroatoms. The van der Waals surface area contributed by atoms with Crippen molar-refractivity contribution in [1.29, 1.82) is 0 Å². The van der Waals surface area contributed by atoms with Crippen LogP contribution in [0.2, 0.25) is 0 Å². The summed E-state index contributed by atoms with van der Waals surface area (Å²) in [5.41, 5.74) is 2.05. The summed E-state index contributed by atoms with van der Waals surface area (Å²) in [6.07, 6.45) is 1.59. The number of rotatable bonds is 3. The van der Waals surface area contributed by atoms with Gasteiger partial charge in [0, 0.05) is 17.7 Å². The lowest BCUT2D eigenvalue weighted by Crippen LogP contribution is -2.11. The maximum Gasteiger partial charge on any atom is 0.130 e. The third kappa shape index (κ3) is 2.57. The van der Waals surface area contributed by atoms with Crippen molar-refractivity contribution < 1.29 is 0 Å². The van der Waals surface area contributed by atoms with Crippen LogP contribution in [0.5, 0.6) is 0 Å². The van der Waals surface area contributed by atoms with Gasteiger partial charge in [0.1, 0.15) is 12.1 Å². The molecule has 1 N–H and O–H groups in total. The summed E-state index contributed by atoms with van der Waals surface area (Å²) in [5.74, 6) is 0.865. The standard InChI is InChI=1S/C13H15N3/c1-10(2)16-13-8-12(14-9-15-13)11-6-4-3-5-7-11/h3-10H,1-2H3,(H,14,15,16). The Morgan fingerprint density at radius 2 is 1.81 bits per heavy atom. The molecule has 0 aliphatic heterocycles. The number of nitrogens with zero attached hydrogens (tertiary/aromatic N) is 2. The summed E-state index contributed by atoms with van der Waals surface area (Å²) >= 11 is 0. The highest BCUT2D eigenvalue weighted by Gasteiger charge is 2.01. The van der Waals surface area contributed by atoms with Gasteiger partial charge in [-0.1, -0.05) is 30.3 Å². The predicted molar refractivity (Wildman–Crippen MR) is 66.2 cm³/mol. The van der Waals surface area contributed by atoms with Gasteiger partial charge in [-0.05, 0) is 13.8 Å². The van der Waals surface area contributed by atoms with Gasteiger partial charge in [0.2, 0.25) is 0 Å². The summed E-state index contributed by atoms with van der Waals surface area (Å²) in [5, 5.41) is 3.26. The monoisotopic (exact) mass is 213 g/mol. The minimum Gasteiger partial charge on any atom is -0.368 e. The van der Waals surface area contributed by atoms with Gasteiger partial charge >= 0.3 is 0 Å². The van der Waals surface area contributed by atoms with Crippen molar-refractivity contribution in [3.63, 3.8) is 0 Å². The van der Waals surface area contributed by atoms with E-state index >= 15 is 0 Å². The lowest BCUT2D eigenvalue weighted by molar-refractivity contribution is 0.886. The van der Waals surface area contributed by atoms with Crippen molar-refractivity contribution in [2.45, 2.75) is 19.9 Å². The van der Waals surface area contributed by atoms with E-state index in [0.29, 0.717) is 6.04 Å². The molecule has 82 valence electrons. The molecule has 1 heterocycles. The molecule has 2 rings (SSSR count). The van der Waals surface area contributed by atoms with Crippen LogP contribution in [0, 0.1) is 0 Å². The van der Waals surface area contributed by atoms with Crippen LogP contribution in [0.4, 0.5) is 5.82 Å². The molecule has 0 fully saturated rings. The van der Waals surface area contributed by atoms with E-state index in [9.17, 15) is 0 Å². The summed E-state index contributed by atoms with van der Waals surface area (Å²) in [6, 6.07) is 12.4. The summed E-state index contributed by atoms with van der Waals surface area (Å²) < 4.78 is 0. The number of benzene rings is 1. The van der Waals surface area contributed by atoms with Crippen LogP contribution >= 0.6 is 0 Å². The lowest BCUT2D eigenvalue weighted by Gasteiger charge is -2.09. The molecule has 1 aromatic carbocycles. The van der Waals surface area contributed by atoms with E-state index in [0.717, 1.165) is 17.1 Å². The van der Waals surface area contributed by atoms with Gasteiger partial charge in [-0.25, -0.2) is 9.97 Å². The second-order valence-electron chi connectivity index (χ2n) is 3.95. The fourth-order valence-electron chi connectivity index (χ4n) is 1.50. The maximum absolute atomic E-state index is 4.27. The van der Waals surface area contributed by atoms with Crippen molar-refractivity contribution in [3.05, 3.63) is 42.7 Å². The largest absolute Gasteiger partial charge is 0.368 e. The van der Waals surface area contributed by atoms with E-state index in [2.05, 4.69) is 29.1 Å². The normalized spacial score (nSPS) is 10.4. The molecule has 3 nitrogen and oxygen atoms in total. The highest BCUT2D eigenvalue weighted by atomic mass is 15.0. The van der Waals surface area contributed by atoms with Crippen LogP contribution in [-0.4, -0.2) is 16.0 Å². The summed E-state index contributed by atoms with van der Waals surface area (Å²) in [7, 11) is 0. The Morgan fingerprint density at radius 3 is 2.50 bits per heavy atom. The maximum atomic E-state index is 4.27. The van der Waals surface area contributed by atoms with Crippen molar-refractivity contribution in [1.82, 2.24) is 9.97 Å². The third-order valence-electron chi connectivity index (χ3n) is 2.17. The van der Waals surface area contributed by atoms with Gasteiger partial charge in [0.05, 0.1) is 5.69 Å². The average Bonchev–Trinajstić information content (AvgIpc) is 2.30. The molecule has 0 atom stereocenters. The SMILES string of the molecule is CC(C)Nc1cc(-c2ccccc2)ncn1. The molecule has 0 saturated heterocycles. The Balaban J connectivity index is 2.29. The van der Waals surface area contributed by atoms with E-state index < -0.39 is 0 Å². The molecule has 0 saturated carbocycles. The Kier molecular flexibility index (Phi) is 3.15.